The molecular weight excluding hydrogens is 346 g/mol. The molecular formula is C16H23N3O7. The number of hydrogen-bond acceptors (Lipinski definition) is 7. The molecule has 10 nitrogen and oxygen atoms in total. The summed E-state index contributed by atoms with van der Waals surface area (Å²) in [5.74, 6) is -3.57. The zero-order chi connectivity index (χ0) is 20.3. The Labute approximate surface area is 149 Å². The number of aliphatic carboxylic acids is 3. The van der Waals surface area contributed by atoms with E-state index < -0.39 is 30.0 Å². The molecule has 0 aliphatic rings. The Hall–Kier alpha value is -2.98. The van der Waals surface area contributed by atoms with Crippen LogP contribution in [0.25, 0.3) is 0 Å². The summed E-state index contributed by atoms with van der Waals surface area (Å²) >= 11 is 0. The molecule has 0 aliphatic heterocycles. The average Bonchev–Trinajstić information content (AvgIpc) is 2.55. The van der Waals surface area contributed by atoms with Crippen LogP contribution in [0, 0.1) is 0 Å². The fourth-order valence-electron chi connectivity index (χ4n) is 1.74. The zero-order valence-corrected chi connectivity index (χ0v) is 14.0. The van der Waals surface area contributed by atoms with E-state index in [2.05, 4.69) is 0 Å². The van der Waals surface area contributed by atoms with Gasteiger partial charge in [-0.1, -0.05) is 12.1 Å². The Kier molecular flexibility index (Phi) is 10.2. The van der Waals surface area contributed by atoms with E-state index in [1.807, 2.05) is 0 Å². The summed E-state index contributed by atoms with van der Waals surface area (Å²) in [5, 5.41) is 25.0. The van der Waals surface area contributed by atoms with Crippen molar-refractivity contribution >= 4 is 29.4 Å². The molecule has 1 aromatic rings. The largest absolute Gasteiger partial charge is 0.481 e. The number of nitrogen functional groups attached to an aromatic ring is 1. The number of carboxylic acid groups (broad SMARTS) is 3. The number of carbonyl (C=O) groups is 4. The molecule has 0 bridgehead atoms. The lowest BCUT2D eigenvalue weighted by atomic mass is 10.0. The first kappa shape index (κ1) is 23.0. The van der Waals surface area contributed by atoms with E-state index >= 15 is 0 Å². The summed E-state index contributed by atoms with van der Waals surface area (Å²) in [6.45, 7) is 0. The monoisotopic (exact) mass is 369 g/mol. The van der Waals surface area contributed by atoms with E-state index in [0.29, 0.717) is 17.7 Å². The zero-order valence-electron chi connectivity index (χ0n) is 14.0. The Bertz CT molecular complexity index is 648. The number of para-hydroxylation sites is 1. The third-order valence-corrected chi connectivity index (χ3v) is 3.21. The average molecular weight is 369 g/mol. The van der Waals surface area contributed by atoms with Crippen LogP contribution < -0.4 is 17.2 Å². The van der Waals surface area contributed by atoms with Crippen molar-refractivity contribution in [2.24, 2.45) is 11.5 Å². The number of rotatable bonds is 9. The van der Waals surface area contributed by atoms with Crippen LogP contribution in [0.2, 0.25) is 0 Å². The molecule has 0 heterocycles. The van der Waals surface area contributed by atoms with Gasteiger partial charge in [0.1, 0.15) is 12.1 Å². The van der Waals surface area contributed by atoms with Crippen LogP contribution in [0.3, 0.4) is 0 Å². The summed E-state index contributed by atoms with van der Waals surface area (Å²) in [5.41, 5.74) is 16.6. The van der Waals surface area contributed by atoms with Crippen molar-refractivity contribution in [3.8, 4) is 0 Å². The molecule has 0 fully saturated rings. The van der Waals surface area contributed by atoms with Gasteiger partial charge in [0, 0.05) is 24.1 Å². The van der Waals surface area contributed by atoms with Gasteiger partial charge in [-0.2, -0.15) is 0 Å². The molecule has 2 atom stereocenters. The van der Waals surface area contributed by atoms with Gasteiger partial charge in [0.2, 0.25) is 0 Å². The molecule has 0 aliphatic carbocycles. The van der Waals surface area contributed by atoms with Crippen LogP contribution in [0.4, 0.5) is 5.69 Å². The molecule has 0 aromatic heterocycles. The lowest BCUT2D eigenvalue weighted by Crippen LogP contribution is -2.32. The van der Waals surface area contributed by atoms with Crippen molar-refractivity contribution in [3.05, 3.63) is 29.8 Å². The molecule has 0 saturated carbocycles. The first-order valence-electron chi connectivity index (χ1n) is 7.62. The van der Waals surface area contributed by atoms with Gasteiger partial charge in [0.25, 0.3) is 0 Å². The van der Waals surface area contributed by atoms with Gasteiger partial charge in [-0.25, -0.2) is 0 Å². The highest BCUT2D eigenvalue weighted by molar-refractivity contribution is 6.02. The number of Topliss-reactive ketones (excluding diaryl/α,β-unsaturated/α-hetero) is 1. The first-order chi connectivity index (χ1) is 12.1. The smallest absolute Gasteiger partial charge is 0.320 e. The second-order valence-electron chi connectivity index (χ2n) is 5.39. The van der Waals surface area contributed by atoms with Crippen LogP contribution in [-0.4, -0.2) is 51.1 Å². The Morgan fingerprint density at radius 2 is 1.46 bits per heavy atom. The number of nitrogens with two attached hydrogens (primary N) is 3. The molecule has 10 heteroatoms. The number of anilines is 1. The minimum absolute atomic E-state index is 0.0268. The number of carbonyl (C=O) groups excluding carboxylic acids is 1. The van der Waals surface area contributed by atoms with E-state index in [9.17, 15) is 19.2 Å². The molecule has 26 heavy (non-hydrogen) atoms. The molecule has 1 aromatic carbocycles. The van der Waals surface area contributed by atoms with Crippen LogP contribution in [-0.2, 0) is 14.4 Å². The molecule has 2 unspecified atom stereocenters. The fraction of sp³-hybridized carbons (Fsp3) is 0.375. The summed E-state index contributed by atoms with van der Waals surface area (Å²) in [6.07, 6.45) is 0.245. The maximum absolute atomic E-state index is 11.6. The van der Waals surface area contributed by atoms with Crippen LogP contribution >= 0.6 is 0 Å². The maximum Gasteiger partial charge on any atom is 0.320 e. The van der Waals surface area contributed by atoms with Gasteiger partial charge < -0.3 is 32.5 Å². The van der Waals surface area contributed by atoms with Crippen molar-refractivity contribution in [2.45, 2.75) is 37.8 Å². The minimum atomic E-state index is -1.20. The van der Waals surface area contributed by atoms with E-state index in [4.69, 9.17) is 32.5 Å². The Balaban J connectivity index is 0.000000508. The number of ketones is 1. The van der Waals surface area contributed by atoms with E-state index in [-0.39, 0.29) is 25.0 Å². The summed E-state index contributed by atoms with van der Waals surface area (Å²) in [6, 6.07) is 4.37. The van der Waals surface area contributed by atoms with Gasteiger partial charge in [-0.3, -0.25) is 19.2 Å². The molecule has 9 N–H and O–H groups in total. The molecule has 0 amide bonds. The molecule has 0 radical (unpaired) electrons. The van der Waals surface area contributed by atoms with E-state index in [0.717, 1.165) is 0 Å². The van der Waals surface area contributed by atoms with E-state index in [1.165, 1.54) is 0 Å². The lowest BCUT2D eigenvalue weighted by molar-refractivity contribution is -0.140. The standard InChI is InChI=1S/C10H12N2O3.C6H11NO4/c11-7-4-2-1-3-6(7)9(13)5-8(12)10(14)15;7-4(6(10)11)2-1-3-5(8)9/h1-4,8H,5,11-12H2,(H,14,15);4H,1-3,7H2,(H,8,9)(H,10,11). The van der Waals surface area contributed by atoms with Crippen LogP contribution in [0.1, 0.15) is 36.0 Å². The quantitative estimate of drug-likeness (QED) is 0.251. The predicted octanol–water partition coefficient (Wildman–Crippen LogP) is -0.0933. The van der Waals surface area contributed by atoms with Gasteiger partial charge in [0.15, 0.2) is 5.78 Å². The highest BCUT2D eigenvalue weighted by Crippen LogP contribution is 2.13. The normalized spacial score (nSPS) is 12.2. The number of carboxylic acids is 3. The third kappa shape index (κ3) is 9.35. The molecule has 1 rings (SSSR count). The Morgan fingerprint density at radius 1 is 0.923 bits per heavy atom. The highest BCUT2D eigenvalue weighted by Gasteiger charge is 2.18. The van der Waals surface area contributed by atoms with Gasteiger partial charge in [-0.05, 0) is 25.0 Å². The van der Waals surface area contributed by atoms with Crippen molar-refractivity contribution in [1.82, 2.24) is 0 Å². The van der Waals surface area contributed by atoms with E-state index in [1.54, 1.807) is 24.3 Å². The van der Waals surface area contributed by atoms with Crippen molar-refractivity contribution in [1.29, 1.82) is 0 Å². The van der Waals surface area contributed by atoms with Gasteiger partial charge >= 0.3 is 17.9 Å². The molecule has 0 saturated heterocycles. The summed E-state index contributed by atoms with van der Waals surface area (Å²) in [7, 11) is 0. The number of hydrogen-bond donors (Lipinski definition) is 6. The molecule has 144 valence electrons. The second-order valence-corrected chi connectivity index (χ2v) is 5.39. The maximum atomic E-state index is 11.6. The van der Waals surface area contributed by atoms with Crippen molar-refractivity contribution in [2.75, 3.05) is 5.73 Å². The summed E-state index contributed by atoms with van der Waals surface area (Å²) in [4.78, 5) is 42.1. The predicted molar refractivity (Wildman–Crippen MR) is 92.5 cm³/mol. The second kappa shape index (κ2) is 11.6. The highest BCUT2D eigenvalue weighted by atomic mass is 16.4. The fourth-order valence-corrected chi connectivity index (χ4v) is 1.74. The van der Waals surface area contributed by atoms with Gasteiger partial charge in [0.05, 0.1) is 0 Å². The van der Waals surface area contributed by atoms with Crippen molar-refractivity contribution in [3.63, 3.8) is 0 Å². The van der Waals surface area contributed by atoms with Crippen molar-refractivity contribution < 1.29 is 34.5 Å². The minimum Gasteiger partial charge on any atom is -0.481 e. The topological polar surface area (TPSA) is 207 Å². The van der Waals surface area contributed by atoms with Crippen LogP contribution in [0.15, 0.2) is 24.3 Å². The SMILES string of the molecule is NC(CCCC(=O)O)C(=O)O.Nc1ccccc1C(=O)CC(N)C(=O)O. The van der Waals surface area contributed by atoms with Crippen LogP contribution in [0.5, 0.6) is 0 Å². The Morgan fingerprint density at radius 3 is 1.92 bits per heavy atom. The number of benzene rings is 1. The molecule has 0 spiro atoms. The summed E-state index contributed by atoms with van der Waals surface area (Å²) < 4.78 is 0. The third-order valence-electron chi connectivity index (χ3n) is 3.21. The lowest BCUT2D eigenvalue weighted by Gasteiger charge is -2.07. The van der Waals surface area contributed by atoms with Gasteiger partial charge in [-0.15, -0.1) is 0 Å². The first-order valence-corrected chi connectivity index (χ1v) is 7.62.